The van der Waals surface area contributed by atoms with E-state index in [-0.39, 0.29) is 0 Å². The van der Waals surface area contributed by atoms with Crippen molar-refractivity contribution in [3.63, 3.8) is 0 Å². The van der Waals surface area contributed by atoms with Crippen LogP contribution in [0.4, 0.5) is 5.95 Å². The number of anilines is 1. The lowest BCUT2D eigenvalue weighted by Crippen LogP contribution is -2.40. The van der Waals surface area contributed by atoms with E-state index in [1.165, 1.54) is 12.8 Å². The van der Waals surface area contributed by atoms with Crippen LogP contribution in [0, 0.1) is 12.8 Å². The molecule has 1 aromatic heterocycles. The van der Waals surface area contributed by atoms with Crippen molar-refractivity contribution >= 4 is 5.95 Å². The Labute approximate surface area is 104 Å². The third kappa shape index (κ3) is 2.63. The molecule has 0 bridgehead atoms. The number of imidazole rings is 1. The Bertz CT molecular complexity index is 361. The van der Waals surface area contributed by atoms with Crippen molar-refractivity contribution in [2.24, 2.45) is 11.7 Å². The van der Waals surface area contributed by atoms with Crippen molar-refractivity contribution in [2.45, 2.75) is 46.2 Å². The Hall–Kier alpha value is -1.03. The van der Waals surface area contributed by atoms with Crippen molar-refractivity contribution in [2.75, 3.05) is 18.0 Å². The van der Waals surface area contributed by atoms with Gasteiger partial charge in [-0.2, -0.15) is 0 Å². The zero-order valence-corrected chi connectivity index (χ0v) is 11.2. The van der Waals surface area contributed by atoms with Gasteiger partial charge in [0.1, 0.15) is 0 Å². The third-order valence-electron chi connectivity index (χ3n) is 3.78. The molecule has 1 aliphatic heterocycles. The summed E-state index contributed by atoms with van der Waals surface area (Å²) in [6.07, 6.45) is 4.51. The van der Waals surface area contributed by atoms with Gasteiger partial charge >= 0.3 is 0 Å². The highest BCUT2D eigenvalue weighted by Crippen LogP contribution is 2.24. The molecule has 1 fully saturated rings. The summed E-state index contributed by atoms with van der Waals surface area (Å²) < 4.78 is 2.24. The average Bonchev–Trinajstić information content (AvgIpc) is 2.70. The first-order valence-electron chi connectivity index (χ1n) is 6.66. The fourth-order valence-corrected chi connectivity index (χ4v) is 2.64. The van der Waals surface area contributed by atoms with Crippen molar-refractivity contribution in [3.8, 4) is 0 Å². The molecular weight excluding hydrogens is 212 g/mol. The van der Waals surface area contributed by atoms with E-state index in [0.29, 0.717) is 12.0 Å². The predicted molar refractivity (Wildman–Crippen MR) is 71.2 cm³/mol. The highest BCUT2D eigenvalue weighted by atomic mass is 15.3. The molecule has 2 heterocycles. The van der Waals surface area contributed by atoms with Crippen molar-refractivity contribution < 1.29 is 0 Å². The minimum Gasteiger partial charge on any atom is -0.342 e. The Kier molecular flexibility index (Phi) is 3.72. The highest BCUT2D eigenvalue weighted by Gasteiger charge is 2.24. The molecule has 0 amide bonds. The first-order valence-corrected chi connectivity index (χ1v) is 6.66. The summed E-state index contributed by atoms with van der Waals surface area (Å²) in [6.45, 7) is 9.51. The van der Waals surface area contributed by atoms with E-state index < -0.39 is 0 Å². The van der Waals surface area contributed by atoms with E-state index in [1.54, 1.807) is 0 Å². The van der Waals surface area contributed by atoms with Crippen LogP contribution in [0.1, 0.15) is 32.4 Å². The van der Waals surface area contributed by atoms with E-state index in [0.717, 1.165) is 31.3 Å². The molecule has 0 radical (unpaired) electrons. The molecule has 0 aliphatic carbocycles. The van der Waals surface area contributed by atoms with Crippen LogP contribution < -0.4 is 10.6 Å². The van der Waals surface area contributed by atoms with Crippen LogP contribution in [-0.4, -0.2) is 28.7 Å². The normalized spacial score (nSPS) is 19.6. The number of aromatic nitrogens is 2. The maximum absolute atomic E-state index is 5.97. The Morgan fingerprint density at radius 2 is 2.12 bits per heavy atom. The molecular formula is C13H24N4. The smallest absolute Gasteiger partial charge is 0.205 e. The van der Waals surface area contributed by atoms with Gasteiger partial charge in [-0.05, 0) is 39.5 Å². The Morgan fingerprint density at radius 1 is 1.47 bits per heavy atom. The molecule has 1 aromatic rings. The number of piperidine rings is 1. The topological polar surface area (TPSA) is 47.1 Å². The fourth-order valence-electron chi connectivity index (χ4n) is 2.64. The monoisotopic (exact) mass is 236 g/mol. The maximum Gasteiger partial charge on any atom is 0.205 e. The molecule has 0 spiro atoms. The number of hydrogen-bond acceptors (Lipinski definition) is 3. The predicted octanol–water partition coefficient (Wildman–Crippen LogP) is 1.78. The Balaban J connectivity index is 2.05. The molecule has 1 atom stereocenters. The number of nitrogens with two attached hydrogens (primary N) is 1. The molecule has 2 N–H and O–H groups in total. The summed E-state index contributed by atoms with van der Waals surface area (Å²) in [7, 11) is 0. The lowest BCUT2D eigenvalue weighted by atomic mass is 9.91. The molecule has 1 saturated heterocycles. The zero-order chi connectivity index (χ0) is 12.4. The molecule has 0 aromatic carbocycles. The molecule has 4 nitrogen and oxygen atoms in total. The second kappa shape index (κ2) is 5.08. The summed E-state index contributed by atoms with van der Waals surface area (Å²) in [5.41, 5.74) is 7.08. The van der Waals surface area contributed by atoms with Gasteiger partial charge in [0.05, 0.1) is 5.69 Å². The van der Waals surface area contributed by atoms with Crippen molar-refractivity contribution in [3.05, 3.63) is 11.9 Å². The number of nitrogens with zero attached hydrogens (tertiary/aromatic N) is 3. The average molecular weight is 236 g/mol. The number of aryl methyl sites for hydroxylation is 2. The van der Waals surface area contributed by atoms with Crippen LogP contribution in [0.5, 0.6) is 0 Å². The van der Waals surface area contributed by atoms with Gasteiger partial charge in [0.25, 0.3) is 0 Å². The van der Waals surface area contributed by atoms with Gasteiger partial charge in [0.15, 0.2) is 0 Å². The minimum absolute atomic E-state index is 0.324. The highest BCUT2D eigenvalue weighted by molar-refractivity contribution is 5.34. The first kappa shape index (κ1) is 12.4. The SMILES string of the molecule is CCn1cc(C)nc1N1CCC(C(C)N)CC1. The van der Waals surface area contributed by atoms with Gasteiger partial charge in [-0.1, -0.05) is 0 Å². The molecule has 0 saturated carbocycles. The van der Waals surface area contributed by atoms with Crippen LogP contribution in [0.15, 0.2) is 6.20 Å². The lowest BCUT2D eigenvalue weighted by Gasteiger charge is -2.34. The van der Waals surface area contributed by atoms with Gasteiger partial charge in [0.2, 0.25) is 5.95 Å². The van der Waals surface area contributed by atoms with E-state index >= 15 is 0 Å². The summed E-state index contributed by atoms with van der Waals surface area (Å²) in [5, 5.41) is 0. The minimum atomic E-state index is 0.324. The van der Waals surface area contributed by atoms with Crippen LogP contribution in [0.2, 0.25) is 0 Å². The molecule has 4 heteroatoms. The fraction of sp³-hybridized carbons (Fsp3) is 0.769. The quantitative estimate of drug-likeness (QED) is 0.870. The zero-order valence-electron chi connectivity index (χ0n) is 11.2. The van der Waals surface area contributed by atoms with Gasteiger partial charge in [-0.3, -0.25) is 0 Å². The van der Waals surface area contributed by atoms with Crippen LogP contribution in [-0.2, 0) is 6.54 Å². The summed E-state index contributed by atoms with van der Waals surface area (Å²) >= 11 is 0. The van der Waals surface area contributed by atoms with E-state index in [4.69, 9.17) is 5.73 Å². The van der Waals surface area contributed by atoms with Crippen molar-refractivity contribution in [1.82, 2.24) is 9.55 Å². The van der Waals surface area contributed by atoms with Crippen LogP contribution in [0.25, 0.3) is 0 Å². The first-order chi connectivity index (χ1) is 8.11. The molecule has 2 rings (SSSR count). The summed E-state index contributed by atoms with van der Waals surface area (Å²) in [4.78, 5) is 7.03. The van der Waals surface area contributed by atoms with Gasteiger partial charge in [-0.25, -0.2) is 4.98 Å². The van der Waals surface area contributed by atoms with Gasteiger partial charge in [-0.15, -0.1) is 0 Å². The second-order valence-corrected chi connectivity index (χ2v) is 5.15. The lowest BCUT2D eigenvalue weighted by molar-refractivity contribution is 0.351. The largest absolute Gasteiger partial charge is 0.342 e. The van der Waals surface area contributed by atoms with Crippen LogP contribution in [0.3, 0.4) is 0 Å². The molecule has 96 valence electrons. The standard InChI is InChI=1S/C13H24N4/c1-4-16-9-10(2)15-13(16)17-7-5-12(6-8-17)11(3)14/h9,11-12H,4-8,14H2,1-3H3. The molecule has 1 aliphatic rings. The van der Waals surface area contributed by atoms with Gasteiger partial charge < -0.3 is 15.2 Å². The summed E-state index contributed by atoms with van der Waals surface area (Å²) in [6, 6.07) is 0.324. The molecule has 1 unspecified atom stereocenters. The van der Waals surface area contributed by atoms with Crippen LogP contribution >= 0.6 is 0 Å². The van der Waals surface area contributed by atoms with E-state index in [2.05, 4.69) is 41.4 Å². The van der Waals surface area contributed by atoms with E-state index in [9.17, 15) is 0 Å². The maximum atomic E-state index is 5.97. The molecule has 17 heavy (non-hydrogen) atoms. The third-order valence-corrected chi connectivity index (χ3v) is 3.78. The number of rotatable bonds is 3. The number of hydrogen-bond donors (Lipinski definition) is 1. The van der Waals surface area contributed by atoms with Crippen molar-refractivity contribution in [1.29, 1.82) is 0 Å². The Morgan fingerprint density at radius 3 is 2.65 bits per heavy atom. The van der Waals surface area contributed by atoms with Gasteiger partial charge in [0, 0.05) is 31.9 Å². The second-order valence-electron chi connectivity index (χ2n) is 5.15. The van der Waals surface area contributed by atoms with E-state index in [1.807, 2.05) is 0 Å². The summed E-state index contributed by atoms with van der Waals surface area (Å²) in [5.74, 6) is 1.81.